The number of hydrogen-bond acceptors (Lipinski definition) is 2. The summed E-state index contributed by atoms with van der Waals surface area (Å²) in [5, 5.41) is 9.48. The lowest BCUT2D eigenvalue weighted by molar-refractivity contribution is 0.376. The SMILES string of the molecule is C/C=C(/c1cccc(O)c1)[C@H](C)CN(C)C.Cl. The minimum absolute atomic E-state index is 0. The van der Waals surface area contributed by atoms with Crippen molar-refractivity contribution in [2.75, 3.05) is 20.6 Å². The molecule has 2 nitrogen and oxygen atoms in total. The molecule has 0 aromatic heterocycles. The molecule has 0 saturated heterocycles. The van der Waals surface area contributed by atoms with Crippen molar-refractivity contribution in [3.63, 3.8) is 0 Å². The standard InChI is InChI=1S/C14H21NO.ClH/c1-5-14(11(2)10-15(3)4)12-7-6-8-13(16)9-12;/h5-9,11,16H,10H2,1-4H3;1H/b14-5+;/t11-;/m1./s1. The third kappa shape index (κ3) is 4.80. The normalized spacial score (nSPS) is 13.4. The molecule has 0 aliphatic carbocycles. The van der Waals surface area contributed by atoms with Crippen molar-refractivity contribution in [1.82, 2.24) is 4.90 Å². The van der Waals surface area contributed by atoms with Gasteiger partial charge in [0, 0.05) is 6.54 Å². The fourth-order valence-electron chi connectivity index (χ4n) is 2.07. The number of benzene rings is 1. The van der Waals surface area contributed by atoms with Crippen LogP contribution in [0.1, 0.15) is 19.4 Å². The predicted octanol–water partition coefficient (Wildman–Crippen LogP) is 3.42. The van der Waals surface area contributed by atoms with Crippen LogP contribution in [0.4, 0.5) is 0 Å². The average Bonchev–Trinajstić information content (AvgIpc) is 2.17. The van der Waals surface area contributed by atoms with Gasteiger partial charge in [-0.1, -0.05) is 25.1 Å². The number of nitrogens with zero attached hydrogens (tertiary/aromatic N) is 1. The summed E-state index contributed by atoms with van der Waals surface area (Å²) in [4.78, 5) is 2.18. The minimum atomic E-state index is 0. The first-order valence-electron chi connectivity index (χ1n) is 5.65. The number of rotatable bonds is 4. The van der Waals surface area contributed by atoms with E-state index < -0.39 is 0 Å². The Hall–Kier alpha value is -0.990. The number of phenolic OH excluding ortho intramolecular Hbond substituents is 1. The first kappa shape index (κ1) is 16.0. The highest BCUT2D eigenvalue weighted by Crippen LogP contribution is 2.26. The van der Waals surface area contributed by atoms with Gasteiger partial charge in [-0.3, -0.25) is 0 Å². The van der Waals surface area contributed by atoms with Crippen molar-refractivity contribution in [3.8, 4) is 5.75 Å². The van der Waals surface area contributed by atoms with Crippen LogP contribution in [-0.2, 0) is 0 Å². The van der Waals surface area contributed by atoms with Crippen molar-refractivity contribution in [2.45, 2.75) is 13.8 Å². The van der Waals surface area contributed by atoms with E-state index in [4.69, 9.17) is 0 Å². The number of hydrogen-bond donors (Lipinski definition) is 1. The molecule has 17 heavy (non-hydrogen) atoms. The summed E-state index contributed by atoms with van der Waals surface area (Å²) in [6, 6.07) is 7.45. The maximum absolute atomic E-state index is 9.48. The lowest BCUT2D eigenvalue weighted by atomic mass is 9.93. The van der Waals surface area contributed by atoms with Gasteiger partial charge < -0.3 is 10.0 Å². The molecule has 0 aliphatic rings. The summed E-state index contributed by atoms with van der Waals surface area (Å²) in [6.45, 7) is 5.26. The summed E-state index contributed by atoms with van der Waals surface area (Å²) < 4.78 is 0. The molecule has 1 aromatic carbocycles. The Labute approximate surface area is 110 Å². The number of phenols is 1. The molecule has 0 saturated carbocycles. The van der Waals surface area contributed by atoms with Gasteiger partial charge in [-0.25, -0.2) is 0 Å². The van der Waals surface area contributed by atoms with E-state index in [1.54, 1.807) is 6.07 Å². The Bertz CT molecular complexity index is 374. The maximum Gasteiger partial charge on any atom is 0.116 e. The monoisotopic (exact) mass is 255 g/mol. The molecule has 0 spiro atoms. The van der Waals surface area contributed by atoms with Crippen molar-refractivity contribution in [1.29, 1.82) is 0 Å². The van der Waals surface area contributed by atoms with Gasteiger partial charge in [0.05, 0.1) is 0 Å². The van der Waals surface area contributed by atoms with Crippen LogP contribution in [0.5, 0.6) is 5.75 Å². The molecule has 0 heterocycles. The molecule has 0 bridgehead atoms. The molecule has 0 unspecified atom stereocenters. The zero-order chi connectivity index (χ0) is 12.1. The third-order valence-electron chi connectivity index (χ3n) is 2.66. The maximum atomic E-state index is 9.48. The van der Waals surface area contributed by atoms with Crippen molar-refractivity contribution >= 4 is 18.0 Å². The largest absolute Gasteiger partial charge is 0.508 e. The second-order valence-electron chi connectivity index (χ2n) is 4.46. The Morgan fingerprint density at radius 2 is 2.06 bits per heavy atom. The predicted molar refractivity (Wildman–Crippen MR) is 76.7 cm³/mol. The first-order chi connectivity index (χ1) is 7.54. The molecule has 96 valence electrons. The lowest BCUT2D eigenvalue weighted by Crippen LogP contribution is -2.20. The van der Waals surface area contributed by atoms with Gasteiger partial charge >= 0.3 is 0 Å². The smallest absolute Gasteiger partial charge is 0.116 e. The molecular formula is C14H22ClNO. The third-order valence-corrected chi connectivity index (χ3v) is 2.66. The minimum Gasteiger partial charge on any atom is -0.508 e. The number of allylic oxidation sites excluding steroid dienone is 1. The Balaban J connectivity index is 0.00000256. The zero-order valence-electron chi connectivity index (χ0n) is 11.0. The first-order valence-corrected chi connectivity index (χ1v) is 5.65. The second-order valence-corrected chi connectivity index (χ2v) is 4.46. The summed E-state index contributed by atoms with van der Waals surface area (Å²) in [5.74, 6) is 0.788. The summed E-state index contributed by atoms with van der Waals surface area (Å²) >= 11 is 0. The Kier molecular flexibility index (Phi) is 6.93. The molecule has 0 amide bonds. The quantitative estimate of drug-likeness (QED) is 0.891. The topological polar surface area (TPSA) is 23.5 Å². The molecule has 3 heteroatoms. The van der Waals surface area contributed by atoms with E-state index in [2.05, 4.69) is 32.0 Å². The van der Waals surface area contributed by atoms with Crippen LogP contribution >= 0.6 is 12.4 Å². The van der Waals surface area contributed by atoms with Crippen LogP contribution in [0, 0.1) is 5.92 Å². The molecule has 0 fully saturated rings. The van der Waals surface area contributed by atoms with Gasteiger partial charge in [0.25, 0.3) is 0 Å². The van der Waals surface area contributed by atoms with Crippen LogP contribution in [0.3, 0.4) is 0 Å². The fourth-order valence-corrected chi connectivity index (χ4v) is 2.07. The number of halogens is 1. The highest BCUT2D eigenvalue weighted by atomic mass is 35.5. The molecule has 1 rings (SSSR count). The van der Waals surface area contributed by atoms with E-state index in [1.807, 2.05) is 25.1 Å². The van der Waals surface area contributed by atoms with Crippen LogP contribution in [0.25, 0.3) is 5.57 Å². The summed E-state index contributed by atoms with van der Waals surface area (Å²) in [6.07, 6.45) is 2.13. The number of aromatic hydroxyl groups is 1. The van der Waals surface area contributed by atoms with Crippen molar-refractivity contribution in [2.24, 2.45) is 5.92 Å². The molecule has 0 aliphatic heterocycles. The Morgan fingerprint density at radius 1 is 1.41 bits per heavy atom. The van der Waals surface area contributed by atoms with E-state index in [0.717, 1.165) is 12.1 Å². The average molecular weight is 256 g/mol. The van der Waals surface area contributed by atoms with Gasteiger partial charge in [-0.05, 0) is 50.2 Å². The zero-order valence-corrected chi connectivity index (χ0v) is 11.8. The summed E-state index contributed by atoms with van der Waals surface area (Å²) in [7, 11) is 4.15. The van der Waals surface area contributed by atoms with Gasteiger partial charge in [-0.2, -0.15) is 0 Å². The molecular weight excluding hydrogens is 234 g/mol. The highest BCUT2D eigenvalue weighted by Gasteiger charge is 2.11. The fraction of sp³-hybridized carbons (Fsp3) is 0.429. The van der Waals surface area contributed by atoms with Crippen LogP contribution in [-0.4, -0.2) is 30.6 Å². The van der Waals surface area contributed by atoms with E-state index in [-0.39, 0.29) is 12.4 Å². The van der Waals surface area contributed by atoms with E-state index in [9.17, 15) is 5.11 Å². The highest BCUT2D eigenvalue weighted by molar-refractivity contribution is 5.85. The van der Waals surface area contributed by atoms with Gasteiger partial charge in [0.1, 0.15) is 5.75 Å². The van der Waals surface area contributed by atoms with Crippen molar-refractivity contribution in [3.05, 3.63) is 35.9 Å². The van der Waals surface area contributed by atoms with Gasteiger partial charge in [0.2, 0.25) is 0 Å². The lowest BCUT2D eigenvalue weighted by Gasteiger charge is -2.20. The van der Waals surface area contributed by atoms with E-state index in [0.29, 0.717) is 11.7 Å². The summed E-state index contributed by atoms with van der Waals surface area (Å²) in [5.41, 5.74) is 2.39. The van der Waals surface area contributed by atoms with Crippen LogP contribution in [0.15, 0.2) is 30.3 Å². The molecule has 0 radical (unpaired) electrons. The van der Waals surface area contributed by atoms with Gasteiger partial charge in [-0.15, -0.1) is 12.4 Å². The van der Waals surface area contributed by atoms with Gasteiger partial charge in [0.15, 0.2) is 0 Å². The van der Waals surface area contributed by atoms with E-state index >= 15 is 0 Å². The van der Waals surface area contributed by atoms with Crippen LogP contribution < -0.4 is 0 Å². The van der Waals surface area contributed by atoms with E-state index in [1.165, 1.54) is 5.57 Å². The van der Waals surface area contributed by atoms with Crippen LogP contribution in [0.2, 0.25) is 0 Å². The second kappa shape index (κ2) is 7.36. The molecule has 1 atom stereocenters. The van der Waals surface area contributed by atoms with Crippen molar-refractivity contribution < 1.29 is 5.11 Å². The Morgan fingerprint density at radius 3 is 2.53 bits per heavy atom. The molecule has 1 N–H and O–H groups in total. The molecule has 1 aromatic rings.